The normalized spacial score (nSPS) is 14.0. The van der Waals surface area contributed by atoms with Gasteiger partial charge >= 0.3 is 5.69 Å². The summed E-state index contributed by atoms with van der Waals surface area (Å²) >= 11 is 6.11. The van der Waals surface area contributed by atoms with Crippen molar-refractivity contribution in [2.75, 3.05) is 31.1 Å². The van der Waals surface area contributed by atoms with E-state index in [-0.39, 0.29) is 18.2 Å². The van der Waals surface area contributed by atoms with Gasteiger partial charge in [0, 0.05) is 31.7 Å². The van der Waals surface area contributed by atoms with Crippen molar-refractivity contribution in [3.63, 3.8) is 0 Å². The molecule has 1 aliphatic rings. The lowest BCUT2D eigenvalue weighted by atomic mass is 10.1. The second kappa shape index (κ2) is 8.91. The Morgan fingerprint density at radius 2 is 1.75 bits per heavy atom. The van der Waals surface area contributed by atoms with Gasteiger partial charge in [-0.3, -0.25) is 9.59 Å². The number of Topliss-reactive ketones (excluding diaryl/α,β-unsaturated/α-hetero) is 1. The van der Waals surface area contributed by atoms with Crippen molar-refractivity contribution in [2.24, 2.45) is 0 Å². The molecule has 0 aliphatic carbocycles. The highest BCUT2D eigenvalue weighted by molar-refractivity contribution is 6.32. The maximum Gasteiger partial charge on any atom is 0.369 e. The van der Waals surface area contributed by atoms with Gasteiger partial charge in [0.1, 0.15) is 12.4 Å². The first-order valence-corrected chi connectivity index (χ1v) is 10.3. The highest BCUT2D eigenvalue weighted by Crippen LogP contribution is 2.22. The number of amides is 1. The first kappa shape index (κ1) is 21.7. The van der Waals surface area contributed by atoms with Crippen LogP contribution in [0.5, 0.6) is 0 Å². The Balaban J connectivity index is 1.40. The van der Waals surface area contributed by atoms with Gasteiger partial charge in [0.2, 0.25) is 5.91 Å². The first-order valence-electron chi connectivity index (χ1n) is 9.96. The van der Waals surface area contributed by atoms with Gasteiger partial charge in [-0.15, -0.1) is 0 Å². The second-order valence-corrected chi connectivity index (χ2v) is 7.78. The molecule has 0 saturated carbocycles. The zero-order valence-corrected chi connectivity index (χ0v) is 18.0. The number of piperazine rings is 1. The number of rotatable bonds is 5. The number of hydrogen-bond acceptors (Lipinski definition) is 6. The Bertz CT molecular complexity index is 1230. The van der Waals surface area contributed by atoms with E-state index >= 15 is 0 Å². The van der Waals surface area contributed by atoms with Crippen LogP contribution < -0.4 is 10.6 Å². The Morgan fingerprint density at radius 3 is 2.41 bits per heavy atom. The molecule has 1 fully saturated rings. The van der Waals surface area contributed by atoms with E-state index in [1.54, 1.807) is 41.3 Å². The fourth-order valence-corrected chi connectivity index (χ4v) is 3.77. The largest absolute Gasteiger partial charge is 0.369 e. The number of anilines is 1. The summed E-state index contributed by atoms with van der Waals surface area (Å²) in [6.45, 7) is 2.69. The molecule has 1 aromatic heterocycles. The summed E-state index contributed by atoms with van der Waals surface area (Å²) in [4.78, 5) is 40.1. The molecule has 1 saturated heterocycles. The van der Waals surface area contributed by atoms with Crippen molar-refractivity contribution < 1.29 is 14.0 Å². The van der Waals surface area contributed by atoms with Crippen molar-refractivity contribution in [2.45, 2.75) is 13.5 Å². The summed E-state index contributed by atoms with van der Waals surface area (Å²) in [5, 5.41) is 7.94. The molecule has 4 rings (SSSR count). The fourth-order valence-electron chi connectivity index (χ4n) is 3.56. The lowest BCUT2D eigenvalue weighted by Gasteiger charge is -2.36. The van der Waals surface area contributed by atoms with Crippen LogP contribution in [0.3, 0.4) is 0 Å². The van der Waals surface area contributed by atoms with E-state index < -0.39 is 11.5 Å². The minimum atomic E-state index is -0.572. The number of carbonyl (C=O) groups is 2. The van der Waals surface area contributed by atoms with E-state index in [4.69, 9.17) is 11.6 Å². The Morgan fingerprint density at radius 1 is 1.03 bits per heavy atom. The van der Waals surface area contributed by atoms with Crippen LogP contribution in [0.4, 0.5) is 10.1 Å². The van der Waals surface area contributed by atoms with Crippen LogP contribution >= 0.6 is 11.6 Å². The van der Waals surface area contributed by atoms with Crippen LogP contribution in [-0.4, -0.2) is 62.6 Å². The average Bonchev–Trinajstić information content (AvgIpc) is 3.14. The molecule has 0 bridgehead atoms. The van der Waals surface area contributed by atoms with Crippen LogP contribution in [0.2, 0.25) is 5.02 Å². The van der Waals surface area contributed by atoms with Crippen molar-refractivity contribution in [3.05, 3.63) is 69.4 Å². The summed E-state index contributed by atoms with van der Waals surface area (Å²) in [5.41, 5.74) is 0.512. The van der Waals surface area contributed by atoms with Crippen molar-refractivity contribution in [1.29, 1.82) is 0 Å². The molecular weight excluding hydrogens is 439 g/mol. The van der Waals surface area contributed by atoms with E-state index in [1.165, 1.54) is 13.0 Å². The van der Waals surface area contributed by atoms with Gasteiger partial charge in [0.25, 0.3) is 0 Å². The quantitative estimate of drug-likeness (QED) is 0.541. The van der Waals surface area contributed by atoms with Crippen LogP contribution in [0.15, 0.2) is 47.3 Å². The van der Waals surface area contributed by atoms with Gasteiger partial charge in [-0.25, -0.2) is 9.18 Å². The zero-order valence-electron chi connectivity index (χ0n) is 17.2. The molecule has 1 aliphatic heterocycles. The molecule has 3 aromatic rings. The highest BCUT2D eigenvalue weighted by atomic mass is 35.5. The SMILES string of the molecule is CC(=O)c1ccc(N2CCN(C(=O)Cn3nnn(-c4ccccc4Cl)c3=O)CC2)c(F)c1. The minimum absolute atomic E-state index is 0.201. The lowest BCUT2D eigenvalue weighted by Crippen LogP contribution is -2.50. The maximum atomic E-state index is 14.4. The summed E-state index contributed by atoms with van der Waals surface area (Å²) < 4.78 is 16.4. The maximum absolute atomic E-state index is 14.4. The molecule has 166 valence electrons. The molecule has 0 spiro atoms. The van der Waals surface area contributed by atoms with Gasteiger partial charge in [0.15, 0.2) is 5.78 Å². The standard InChI is InChI=1S/C21H20ClFN6O3/c1-14(30)15-6-7-19(17(23)12-15)26-8-10-27(11-9-26)20(31)13-28-21(32)29(25-24-28)18-5-3-2-4-16(18)22/h2-7,12H,8-11,13H2,1H3. The summed E-state index contributed by atoms with van der Waals surface area (Å²) in [5.74, 6) is -0.960. The number of nitrogens with zero attached hydrogens (tertiary/aromatic N) is 6. The molecule has 11 heteroatoms. The molecule has 2 heterocycles. The molecule has 0 N–H and O–H groups in total. The summed E-state index contributed by atoms with van der Waals surface area (Å²) in [7, 11) is 0. The van der Waals surface area contributed by atoms with E-state index in [9.17, 15) is 18.8 Å². The average molecular weight is 459 g/mol. The topological polar surface area (TPSA) is 93.3 Å². The number of para-hydroxylation sites is 1. The second-order valence-electron chi connectivity index (χ2n) is 7.37. The van der Waals surface area contributed by atoms with Gasteiger partial charge in [-0.1, -0.05) is 23.7 Å². The van der Waals surface area contributed by atoms with Crippen LogP contribution in [-0.2, 0) is 11.3 Å². The molecule has 9 nitrogen and oxygen atoms in total. The van der Waals surface area contributed by atoms with E-state index in [0.717, 1.165) is 9.36 Å². The predicted octanol–water partition coefficient (Wildman–Crippen LogP) is 1.77. The molecule has 32 heavy (non-hydrogen) atoms. The van der Waals surface area contributed by atoms with E-state index in [0.29, 0.717) is 48.1 Å². The van der Waals surface area contributed by atoms with Crippen molar-refractivity contribution in [3.8, 4) is 5.69 Å². The molecule has 0 atom stereocenters. The number of hydrogen-bond donors (Lipinski definition) is 0. The van der Waals surface area contributed by atoms with Crippen molar-refractivity contribution in [1.82, 2.24) is 24.7 Å². The Labute approximate surface area is 187 Å². The monoisotopic (exact) mass is 458 g/mol. The Kier molecular flexibility index (Phi) is 6.04. The van der Waals surface area contributed by atoms with E-state index in [1.807, 2.05) is 4.90 Å². The first-order chi connectivity index (χ1) is 15.3. The predicted molar refractivity (Wildman–Crippen MR) is 116 cm³/mol. The highest BCUT2D eigenvalue weighted by Gasteiger charge is 2.24. The van der Waals surface area contributed by atoms with Gasteiger partial charge < -0.3 is 9.80 Å². The fraction of sp³-hybridized carbons (Fsp3) is 0.286. The van der Waals surface area contributed by atoms with Gasteiger partial charge in [-0.05, 0) is 47.7 Å². The third kappa shape index (κ3) is 4.26. The van der Waals surface area contributed by atoms with Gasteiger partial charge in [0.05, 0.1) is 16.4 Å². The number of tetrazole rings is 1. The molecule has 0 unspecified atom stereocenters. The Hall–Kier alpha value is -3.53. The number of halogens is 2. The zero-order chi connectivity index (χ0) is 22.8. The molecular formula is C21H20ClFN6O3. The number of carbonyl (C=O) groups excluding carboxylic acids is 2. The van der Waals surface area contributed by atoms with Crippen LogP contribution in [0.1, 0.15) is 17.3 Å². The lowest BCUT2D eigenvalue weighted by molar-refractivity contribution is -0.132. The molecule has 1 amide bonds. The number of ketones is 1. The molecule has 2 aromatic carbocycles. The van der Waals surface area contributed by atoms with Crippen molar-refractivity contribution >= 4 is 29.0 Å². The number of benzene rings is 2. The summed E-state index contributed by atoms with van der Waals surface area (Å²) in [6.07, 6.45) is 0. The number of aromatic nitrogens is 4. The third-order valence-corrected chi connectivity index (χ3v) is 5.65. The summed E-state index contributed by atoms with van der Waals surface area (Å²) in [6, 6.07) is 11.1. The third-order valence-electron chi connectivity index (χ3n) is 5.33. The molecule has 0 radical (unpaired) electrons. The van der Waals surface area contributed by atoms with Crippen LogP contribution in [0.25, 0.3) is 5.69 Å². The smallest absolute Gasteiger partial charge is 0.366 e. The van der Waals surface area contributed by atoms with Gasteiger partial charge in [-0.2, -0.15) is 9.36 Å². The van der Waals surface area contributed by atoms with Crippen LogP contribution in [0, 0.1) is 5.82 Å². The minimum Gasteiger partial charge on any atom is -0.366 e. The van der Waals surface area contributed by atoms with E-state index in [2.05, 4.69) is 10.4 Å².